The third-order valence-electron chi connectivity index (χ3n) is 3.75. The van der Waals surface area contributed by atoms with Crippen LogP contribution in [0.5, 0.6) is 0 Å². The second-order valence-electron chi connectivity index (χ2n) is 5.35. The number of aromatic nitrogens is 2. The van der Waals surface area contributed by atoms with E-state index in [1.54, 1.807) is 0 Å². The molecule has 0 amide bonds. The summed E-state index contributed by atoms with van der Waals surface area (Å²) in [6.45, 7) is 10.2. The van der Waals surface area contributed by atoms with Crippen molar-refractivity contribution in [3.63, 3.8) is 0 Å². The van der Waals surface area contributed by atoms with Crippen LogP contribution >= 0.6 is 24.0 Å². The number of halogens is 1. The summed E-state index contributed by atoms with van der Waals surface area (Å²) in [6.07, 6.45) is 1.06. The number of rotatable bonds is 6. The Kier molecular flexibility index (Phi) is 8.72. The highest BCUT2D eigenvalue weighted by molar-refractivity contribution is 14.0. The lowest BCUT2D eigenvalue weighted by Crippen LogP contribution is -2.39. The molecule has 126 valence electrons. The summed E-state index contributed by atoms with van der Waals surface area (Å²) < 4.78 is 5.33. The summed E-state index contributed by atoms with van der Waals surface area (Å²) in [4.78, 5) is 6.78. The first-order valence-corrected chi connectivity index (χ1v) is 7.51. The molecule has 0 atom stereocenters. The Morgan fingerprint density at radius 1 is 1.41 bits per heavy atom. The number of hydrogen-bond acceptors (Lipinski definition) is 4. The minimum absolute atomic E-state index is 0. The molecule has 1 aromatic rings. The molecule has 1 fully saturated rings. The average Bonchev–Trinajstić information content (AvgIpc) is 2.81. The van der Waals surface area contributed by atoms with Gasteiger partial charge >= 0.3 is 0 Å². The Labute approximate surface area is 149 Å². The third-order valence-corrected chi connectivity index (χ3v) is 3.75. The number of aliphatic imine (C=N–C) groups is 1. The largest absolute Gasteiger partial charge is 0.379 e. The Bertz CT molecular complexity index is 450. The lowest BCUT2D eigenvalue weighted by Gasteiger charge is -2.26. The van der Waals surface area contributed by atoms with Crippen molar-refractivity contribution < 1.29 is 4.74 Å². The molecule has 4 N–H and O–H groups in total. The first kappa shape index (κ1) is 19.2. The molecule has 1 saturated heterocycles. The molecule has 2 heterocycles. The summed E-state index contributed by atoms with van der Waals surface area (Å²) in [5.74, 6) is 0.497. The van der Waals surface area contributed by atoms with Gasteiger partial charge in [-0.15, -0.1) is 24.0 Å². The SMILES string of the molecule is Cc1n[nH]c(C)c1CN=C(N)NCCCN1CCOCC1.I. The van der Waals surface area contributed by atoms with E-state index in [0.717, 1.165) is 62.8 Å². The first-order chi connectivity index (χ1) is 10.2. The summed E-state index contributed by atoms with van der Waals surface area (Å²) >= 11 is 0. The Morgan fingerprint density at radius 3 is 2.77 bits per heavy atom. The molecule has 0 bridgehead atoms. The highest BCUT2D eigenvalue weighted by atomic mass is 127. The van der Waals surface area contributed by atoms with Crippen molar-refractivity contribution in [2.24, 2.45) is 10.7 Å². The number of nitrogens with one attached hydrogen (secondary N) is 2. The summed E-state index contributed by atoms with van der Waals surface area (Å²) in [6, 6.07) is 0. The second-order valence-corrected chi connectivity index (χ2v) is 5.35. The number of nitrogens with zero attached hydrogens (tertiary/aromatic N) is 3. The van der Waals surface area contributed by atoms with Gasteiger partial charge in [0.15, 0.2) is 5.96 Å². The van der Waals surface area contributed by atoms with E-state index in [0.29, 0.717) is 12.5 Å². The normalized spacial score (nSPS) is 16.4. The van der Waals surface area contributed by atoms with Crippen molar-refractivity contribution >= 4 is 29.9 Å². The molecule has 0 spiro atoms. The van der Waals surface area contributed by atoms with E-state index in [1.165, 1.54) is 0 Å². The number of hydrogen-bond donors (Lipinski definition) is 3. The summed E-state index contributed by atoms with van der Waals surface area (Å²) in [5, 5.41) is 10.3. The van der Waals surface area contributed by atoms with Gasteiger partial charge in [-0.05, 0) is 26.8 Å². The van der Waals surface area contributed by atoms with E-state index in [2.05, 4.69) is 25.4 Å². The number of morpholine rings is 1. The van der Waals surface area contributed by atoms with Crippen LogP contribution in [0.1, 0.15) is 23.4 Å². The van der Waals surface area contributed by atoms with E-state index < -0.39 is 0 Å². The lowest BCUT2D eigenvalue weighted by molar-refractivity contribution is 0.0376. The monoisotopic (exact) mass is 422 g/mol. The van der Waals surface area contributed by atoms with Crippen LogP contribution < -0.4 is 11.1 Å². The van der Waals surface area contributed by atoms with E-state index in [1.807, 2.05) is 13.8 Å². The molecule has 1 aromatic heterocycles. The third kappa shape index (κ3) is 6.09. The number of aryl methyl sites for hydroxylation is 2. The van der Waals surface area contributed by atoms with Gasteiger partial charge in [0.2, 0.25) is 0 Å². The van der Waals surface area contributed by atoms with Crippen molar-refractivity contribution in [1.29, 1.82) is 0 Å². The topological polar surface area (TPSA) is 91.6 Å². The molecule has 7 nitrogen and oxygen atoms in total. The predicted molar refractivity (Wildman–Crippen MR) is 98.7 cm³/mol. The molecule has 1 aliphatic rings. The number of ether oxygens (including phenoxy) is 1. The van der Waals surface area contributed by atoms with Crippen LogP contribution in [0.3, 0.4) is 0 Å². The van der Waals surface area contributed by atoms with E-state index in [9.17, 15) is 0 Å². The van der Waals surface area contributed by atoms with Gasteiger partial charge in [-0.2, -0.15) is 5.10 Å². The highest BCUT2D eigenvalue weighted by Crippen LogP contribution is 2.09. The van der Waals surface area contributed by atoms with Gasteiger partial charge in [-0.1, -0.05) is 0 Å². The van der Waals surface area contributed by atoms with Gasteiger partial charge < -0.3 is 15.8 Å². The summed E-state index contributed by atoms with van der Waals surface area (Å²) in [7, 11) is 0. The molecule has 0 unspecified atom stereocenters. The van der Waals surface area contributed by atoms with Gasteiger partial charge in [0.25, 0.3) is 0 Å². The standard InChI is InChI=1S/C14H26N6O.HI/c1-11-13(12(2)19-18-11)10-17-14(15)16-4-3-5-20-6-8-21-9-7-20;/h3-10H2,1-2H3,(H,18,19)(H3,15,16,17);1H. The minimum atomic E-state index is 0. The fourth-order valence-electron chi connectivity index (χ4n) is 2.37. The number of H-pyrrole nitrogens is 1. The average molecular weight is 422 g/mol. The molecule has 8 heteroatoms. The fraction of sp³-hybridized carbons (Fsp3) is 0.714. The second kappa shape index (κ2) is 10.0. The van der Waals surface area contributed by atoms with Crippen molar-refractivity contribution in [1.82, 2.24) is 20.4 Å². The van der Waals surface area contributed by atoms with Gasteiger partial charge in [-0.3, -0.25) is 10.00 Å². The summed E-state index contributed by atoms with van der Waals surface area (Å²) in [5.41, 5.74) is 9.04. The van der Waals surface area contributed by atoms with Crippen LogP contribution in [0.25, 0.3) is 0 Å². The maximum atomic E-state index is 5.88. The smallest absolute Gasteiger partial charge is 0.188 e. The van der Waals surface area contributed by atoms with E-state index >= 15 is 0 Å². The van der Waals surface area contributed by atoms with E-state index in [-0.39, 0.29) is 24.0 Å². The van der Waals surface area contributed by atoms with Crippen molar-refractivity contribution in [2.45, 2.75) is 26.8 Å². The minimum Gasteiger partial charge on any atom is -0.379 e. The highest BCUT2D eigenvalue weighted by Gasteiger charge is 2.09. The molecule has 0 saturated carbocycles. The van der Waals surface area contributed by atoms with Crippen LogP contribution in [-0.4, -0.2) is 60.4 Å². The van der Waals surface area contributed by atoms with Crippen LogP contribution in [0.2, 0.25) is 0 Å². The first-order valence-electron chi connectivity index (χ1n) is 7.51. The maximum absolute atomic E-state index is 5.88. The zero-order valence-corrected chi connectivity index (χ0v) is 15.7. The zero-order valence-electron chi connectivity index (χ0n) is 13.4. The van der Waals surface area contributed by atoms with Gasteiger partial charge in [0, 0.05) is 30.9 Å². The van der Waals surface area contributed by atoms with Crippen molar-refractivity contribution in [3.8, 4) is 0 Å². The molecule has 1 aliphatic heterocycles. The molecule has 0 aromatic carbocycles. The van der Waals surface area contributed by atoms with Crippen molar-refractivity contribution in [3.05, 3.63) is 17.0 Å². The zero-order chi connectivity index (χ0) is 15.1. The number of guanidine groups is 1. The molecule has 2 rings (SSSR count). The van der Waals surface area contributed by atoms with E-state index in [4.69, 9.17) is 10.5 Å². The maximum Gasteiger partial charge on any atom is 0.188 e. The molecule has 0 radical (unpaired) electrons. The number of aromatic amines is 1. The van der Waals surface area contributed by atoms with Crippen LogP contribution in [0.4, 0.5) is 0 Å². The van der Waals surface area contributed by atoms with Crippen LogP contribution in [0.15, 0.2) is 4.99 Å². The molecular weight excluding hydrogens is 395 g/mol. The fourth-order valence-corrected chi connectivity index (χ4v) is 2.37. The Morgan fingerprint density at radius 2 is 2.14 bits per heavy atom. The quantitative estimate of drug-likeness (QED) is 0.273. The Balaban J connectivity index is 0.00000242. The van der Waals surface area contributed by atoms with Crippen LogP contribution in [-0.2, 0) is 11.3 Å². The Hall–Kier alpha value is -0.870. The lowest BCUT2D eigenvalue weighted by atomic mass is 10.2. The predicted octanol–water partition coefficient (Wildman–Crippen LogP) is 0.771. The molecule has 22 heavy (non-hydrogen) atoms. The number of nitrogens with two attached hydrogens (primary N) is 1. The molecule has 0 aliphatic carbocycles. The molecular formula is C14H27IN6O. The van der Waals surface area contributed by atoms with Crippen molar-refractivity contribution in [2.75, 3.05) is 39.4 Å². The van der Waals surface area contributed by atoms with Gasteiger partial charge in [0.05, 0.1) is 25.5 Å². The van der Waals surface area contributed by atoms with Crippen LogP contribution in [0, 0.1) is 13.8 Å². The van der Waals surface area contributed by atoms with Gasteiger partial charge in [-0.25, -0.2) is 4.99 Å². The van der Waals surface area contributed by atoms with Gasteiger partial charge in [0.1, 0.15) is 0 Å².